The van der Waals surface area contributed by atoms with Crippen molar-refractivity contribution in [3.63, 3.8) is 0 Å². The lowest BCUT2D eigenvalue weighted by atomic mass is 9.80. The molecule has 0 aromatic rings. The molecule has 4 unspecified atom stereocenters. The van der Waals surface area contributed by atoms with E-state index >= 15 is 0 Å². The Balaban J connectivity index is 2.22. The molecule has 1 aliphatic rings. The maximum Gasteiger partial charge on any atom is 0.135 e. The second-order valence-electron chi connectivity index (χ2n) is 6.39. The largest absolute Gasteiger partial charge is 0.392 e. The molecule has 4 nitrogen and oxygen atoms in total. The summed E-state index contributed by atoms with van der Waals surface area (Å²) in [6, 6.07) is 0. The van der Waals surface area contributed by atoms with Crippen molar-refractivity contribution in [2.45, 2.75) is 89.4 Å². The Hall–Kier alpha value is -0.450. The Morgan fingerprint density at radius 3 is 2.62 bits per heavy atom. The highest BCUT2D eigenvalue weighted by Gasteiger charge is 2.33. The van der Waals surface area contributed by atoms with E-state index in [4.69, 9.17) is 4.74 Å². The molecule has 0 spiro atoms. The van der Waals surface area contributed by atoms with E-state index in [0.29, 0.717) is 19.3 Å². The van der Waals surface area contributed by atoms with E-state index in [1.54, 1.807) is 7.11 Å². The van der Waals surface area contributed by atoms with Gasteiger partial charge in [0, 0.05) is 20.0 Å². The van der Waals surface area contributed by atoms with Crippen LogP contribution in [0.5, 0.6) is 0 Å². The van der Waals surface area contributed by atoms with Crippen molar-refractivity contribution in [2.24, 2.45) is 5.92 Å². The molecule has 1 fully saturated rings. The van der Waals surface area contributed by atoms with Gasteiger partial charge in [-0.05, 0) is 31.6 Å². The van der Waals surface area contributed by atoms with Gasteiger partial charge in [-0.15, -0.1) is 0 Å². The third kappa shape index (κ3) is 6.90. The highest BCUT2D eigenvalue weighted by molar-refractivity contribution is 5.78. The molecule has 1 rings (SSSR count). The molecular formula is C17H32O4. The van der Waals surface area contributed by atoms with E-state index in [2.05, 4.69) is 6.92 Å². The summed E-state index contributed by atoms with van der Waals surface area (Å²) < 4.78 is 5.25. The molecule has 0 radical (unpaired) electrons. The Bertz CT molecular complexity index is 293. The number of aliphatic hydroxyl groups excluding tert-OH is 2. The lowest BCUT2D eigenvalue weighted by Crippen LogP contribution is -2.39. The molecule has 1 aliphatic carbocycles. The lowest BCUT2D eigenvalue weighted by Gasteiger charge is -2.34. The van der Waals surface area contributed by atoms with E-state index < -0.39 is 12.2 Å². The monoisotopic (exact) mass is 300 g/mol. The number of hydrogen-bond acceptors (Lipinski definition) is 4. The predicted molar refractivity (Wildman–Crippen MR) is 83.2 cm³/mol. The van der Waals surface area contributed by atoms with Crippen LogP contribution in [0.15, 0.2) is 0 Å². The molecular weight excluding hydrogens is 268 g/mol. The number of carbonyl (C=O) groups excluding carboxylic acids is 1. The first-order chi connectivity index (χ1) is 10.1. The number of ketones is 1. The first-order valence-electron chi connectivity index (χ1n) is 8.49. The first kappa shape index (κ1) is 18.6. The average molecular weight is 300 g/mol. The zero-order chi connectivity index (χ0) is 15.7. The van der Waals surface area contributed by atoms with Gasteiger partial charge in [0.25, 0.3) is 0 Å². The molecule has 4 heteroatoms. The number of aliphatic hydroxyl groups is 2. The number of methoxy groups -OCH3 is 1. The molecule has 0 aliphatic heterocycles. The van der Waals surface area contributed by atoms with Crippen LogP contribution in [0.3, 0.4) is 0 Å². The highest BCUT2D eigenvalue weighted by atomic mass is 16.5. The summed E-state index contributed by atoms with van der Waals surface area (Å²) >= 11 is 0. The minimum Gasteiger partial charge on any atom is -0.392 e. The molecule has 1 saturated carbocycles. The fourth-order valence-corrected chi connectivity index (χ4v) is 3.17. The van der Waals surface area contributed by atoms with Crippen molar-refractivity contribution in [1.29, 1.82) is 0 Å². The van der Waals surface area contributed by atoms with Crippen molar-refractivity contribution >= 4 is 5.78 Å². The number of carbonyl (C=O) groups is 1. The van der Waals surface area contributed by atoms with Gasteiger partial charge in [0.05, 0.1) is 18.3 Å². The second kappa shape index (κ2) is 10.3. The van der Waals surface area contributed by atoms with E-state index in [1.807, 2.05) is 0 Å². The lowest BCUT2D eigenvalue weighted by molar-refractivity contribution is -0.123. The summed E-state index contributed by atoms with van der Waals surface area (Å²) in [6.45, 7) is 2.18. The molecule has 0 aromatic carbocycles. The molecule has 2 N–H and O–H groups in total. The fraction of sp³-hybridized carbons (Fsp3) is 0.941. The maximum absolute atomic E-state index is 11.9. The Labute approximate surface area is 128 Å². The van der Waals surface area contributed by atoms with E-state index in [0.717, 1.165) is 19.3 Å². The van der Waals surface area contributed by atoms with Crippen LogP contribution in [0, 0.1) is 5.92 Å². The Morgan fingerprint density at radius 1 is 1.24 bits per heavy atom. The number of hydrogen-bond donors (Lipinski definition) is 2. The summed E-state index contributed by atoms with van der Waals surface area (Å²) in [5.41, 5.74) is 0. The number of rotatable bonds is 10. The first-order valence-corrected chi connectivity index (χ1v) is 8.49. The minimum absolute atomic E-state index is 0.0717. The Morgan fingerprint density at radius 2 is 1.95 bits per heavy atom. The summed E-state index contributed by atoms with van der Waals surface area (Å²) in [5.74, 6) is 0.237. The molecule has 0 bridgehead atoms. The zero-order valence-corrected chi connectivity index (χ0v) is 13.6. The van der Waals surface area contributed by atoms with Crippen LogP contribution in [-0.4, -0.2) is 41.4 Å². The van der Waals surface area contributed by atoms with E-state index in [1.165, 1.54) is 19.3 Å². The van der Waals surface area contributed by atoms with Crippen LogP contribution in [0.1, 0.15) is 71.1 Å². The van der Waals surface area contributed by atoms with Gasteiger partial charge in [-0.25, -0.2) is 0 Å². The van der Waals surface area contributed by atoms with Crippen LogP contribution in [-0.2, 0) is 9.53 Å². The molecule has 0 heterocycles. The van der Waals surface area contributed by atoms with Gasteiger partial charge in [-0.3, -0.25) is 4.79 Å². The van der Waals surface area contributed by atoms with Crippen LogP contribution < -0.4 is 0 Å². The second-order valence-corrected chi connectivity index (χ2v) is 6.39. The van der Waals surface area contributed by atoms with Gasteiger partial charge in [0.1, 0.15) is 5.78 Å². The quantitative estimate of drug-likeness (QED) is 0.609. The summed E-state index contributed by atoms with van der Waals surface area (Å²) in [4.78, 5) is 11.9. The van der Waals surface area contributed by atoms with Crippen LogP contribution in [0.25, 0.3) is 0 Å². The molecule has 4 atom stereocenters. The number of unbranched alkanes of at least 4 members (excludes halogenated alkanes) is 4. The molecule has 0 amide bonds. The SMILES string of the molecule is CCCCCCCC(=O)CC(O)C1CCC(O)C(OC)C1. The van der Waals surface area contributed by atoms with Gasteiger partial charge >= 0.3 is 0 Å². The summed E-state index contributed by atoms with van der Waals surface area (Å²) in [5, 5.41) is 20.0. The van der Waals surface area contributed by atoms with Gasteiger partial charge in [0.2, 0.25) is 0 Å². The molecule has 0 aromatic heterocycles. The van der Waals surface area contributed by atoms with Crippen LogP contribution in [0.4, 0.5) is 0 Å². The third-order valence-electron chi connectivity index (χ3n) is 4.64. The molecule has 124 valence electrons. The van der Waals surface area contributed by atoms with E-state index in [9.17, 15) is 15.0 Å². The van der Waals surface area contributed by atoms with Gasteiger partial charge < -0.3 is 14.9 Å². The highest BCUT2D eigenvalue weighted by Crippen LogP contribution is 2.30. The summed E-state index contributed by atoms with van der Waals surface area (Å²) in [7, 11) is 1.59. The van der Waals surface area contributed by atoms with Gasteiger partial charge in [-0.1, -0.05) is 32.6 Å². The zero-order valence-electron chi connectivity index (χ0n) is 13.6. The number of ether oxygens (including phenoxy) is 1. The molecule has 0 saturated heterocycles. The number of Topliss-reactive ketones (excluding diaryl/α,β-unsaturated/α-hetero) is 1. The normalized spacial score (nSPS) is 27.5. The third-order valence-corrected chi connectivity index (χ3v) is 4.64. The van der Waals surface area contributed by atoms with Crippen molar-refractivity contribution < 1.29 is 19.7 Å². The summed E-state index contributed by atoms with van der Waals surface area (Å²) in [6.07, 6.45) is 7.36. The van der Waals surface area contributed by atoms with Crippen LogP contribution >= 0.6 is 0 Å². The minimum atomic E-state index is -0.585. The van der Waals surface area contributed by atoms with Gasteiger partial charge in [0.15, 0.2) is 0 Å². The van der Waals surface area contributed by atoms with Crippen LogP contribution in [0.2, 0.25) is 0 Å². The molecule has 21 heavy (non-hydrogen) atoms. The van der Waals surface area contributed by atoms with Crippen molar-refractivity contribution in [1.82, 2.24) is 0 Å². The van der Waals surface area contributed by atoms with Crippen molar-refractivity contribution in [2.75, 3.05) is 7.11 Å². The maximum atomic E-state index is 11.9. The van der Waals surface area contributed by atoms with Gasteiger partial charge in [-0.2, -0.15) is 0 Å². The van der Waals surface area contributed by atoms with Crippen molar-refractivity contribution in [3.8, 4) is 0 Å². The smallest absolute Gasteiger partial charge is 0.135 e. The van der Waals surface area contributed by atoms with Crippen molar-refractivity contribution in [3.05, 3.63) is 0 Å². The fourth-order valence-electron chi connectivity index (χ4n) is 3.17. The standard InChI is InChI=1S/C17H32O4/c1-3-4-5-6-7-8-14(18)12-16(20)13-9-10-15(19)17(11-13)21-2/h13,15-17,19-20H,3-12H2,1-2H3. The van der Waals surface area contributed by atoms with E-state index in [-0.39, 0.29) is 24.2 Å². The Kier molecular flexibility index (Phi) is 9.13. The predicted octanol–water partition coefficient (Wildman–Crippen LogP) is 2.84. The topological polar surface area (TPSA) is 66.8 Å². The average Bonchev–Trinajstić information content (AvgIpc) is 2.47.